The standard InChI is InChI=1S/C22H19F3N4O3S/c1-33(31,32)21-26-11-9-19(28-21)20(30)29-12-10-17-14(13-29)3-2-4-18(17)27-16-7-5-15(6-8-16)22(23,24)25/h2-9,11,27H,10,12-13H2,1H3. The molecule has 0 saturated carbocycles. The summed E-state index contributed by atoms with van der Waals surface area (Å²) in [7, 11) is -3.65. The maximum atomic E-state index is 12.9. The number of aromatic nitrogens is 2. The van der Waals surface area contributed by atoms with Crippen molar-refractivity contribution in [3.63, 3.8) is 0 Å². The van der Waals surface area contributed by atoms with E-state index >= 15 is 0 Å². The van der Waals surface area contributed by atoms with Crippen LogP contribution in [0.4, 0.5) is 24.5 Å². The van der Waals surface area contributed by atoms with Crippen LogP contribution in [0.15, 0.2) is 59.9 Å². The molecule has 1 N–H and O–H groups in total. The minimum Gasteiger partial charge on any atom is -0.355 e. The number of sulfone groups is 1. The second kappa shape index (κ2) is 8.47. The Bertz CT molecular complexity index is 1310. The highest BCUT2D eigenvalue weighted by molar-refractivity contribution is 7.90. The van der Waals surface area contributed by atoms with E-state index < -0.39 is 32.6 Å². The van der Waals surface area contributed by atoms with E-state index in [0.717, 1.165) is 35.2 Å². The lowest BCUT2D eigenvalue weighted by Gasteiger charge is -2.30. The van der Waals surface area contributed by atoms with Gasteiger partial charge in [-0.1, -0.05) is 12.1 Å². The number of carbonyl (C=O) groups is 1. The number of hydrogen-bond acceptors (Lipinski definition) is 6. The van der Waals surface area contributed by atoms with Gasteiger partial charge >= 0.3 is 6.18 Å². The predicted octanol–water partition coefficient (Wildman–Crippen LogP) is 3.84. The van der Waals surface area contributed by atoms with E-state index in [9.17, 15) is 26.4 Å². The SMILES string of the molecule is CS(=O)(=O)c1nccc(C(=O)N2CCc3c(cccc3Nc3ccc(C(F)(F)F)cc3)C2)n1. The molecule has 4 rings (SSSR count). The zero-order valence-electron chi connectivity index (χ0n) is 17.4. The Morgan fingerprint density at radius 3 is 2.48 bits per heavy atom. The van der Waals surface area contributed by atoms with Crippen molar-refractivity contribution < 1.29 is 26.4 Å². The van der Waals surface area contributed by atoms with Gasteiger partial charge in [0.05, 0.1) is 5.56 Å². The molecule has 0 fully saturated rings. The summed E-state index contributed by atoms with van der Waals surface area (Å²) in [5.74, 6) is -0.408. The number of rotatable bonds is 4. The Hall–Kier alpha value is -3.47. The van der Waals surface area contributed by atoms with E-state index in [4.69, 9.17) is 0 Å². The monoisotopic (exact) mass is 476 g/mol. The van der Waals surface area contributed by atoms with Crippen molar-refractivity contribution in [2.24, 2.45) is 0 Å². The Balaban J connectivity index is 1.53. The van der Waals surface area contributed by atoms with Gasteiger partial charge in [-0.15, -0.1) is 0 Å². The van der Waals surface area contributed by atoms with E-state index in [1.807, 2.05) is 12.1 Å². The fraction of sp³-hybridized carbons (Fsp3) is 0.227. The molecule has 0 bridgehead atoms. The highest BCUT2D eigenvalue weighted by Crippen LogP contribution is 2.32. The third-order valence-corrected chi connectivity index (χ3v) is 6.09. The molecule has 0 radical (unpaired) electrons. The van der Waals surface area contributed by atoms with Gasteiger partial charge in [-0.2, -0.15) is 13.2 Å². The number of alkyl halides is 3. The van der Waals surface area contributed by atoms with Crippen molar-refractivity contribution in [1.29, 1.82) is 0 Å². The molecule has 1 amide bonds. The summed E-state index contributed by atoms with van der Waals surface area (Å²) in [5, 5.41) is 2.74. The van der Waals surface area contributed by atoms with Crippen LogP contribution in [-0.2, 0) is 29.0 Å². The molecule has 0 atom stereocenters. The first-order valence-electron chi connectivity index (χ1n) is 9.90. The molecule has 1 aliphatic heterocycles. The summed E-state index contributed by atoms with van der Waals surface area (Å²) >= 11 is 0. The van der Waals surface area contributed by atoms with Crippen LogP contribution in [0.2, 0.25) is 0 Å². The molecule has 3 aromatic rings. The Morgan fingerprint density at radius 1 is 1.09 bits per heavy atom. The van der Waals surface area contributed by atoms with Gasteiger partial charge in [0.15, 0.2) is 0 Å². The lowest BCUT2D eigenvalue weighted by Crippen LogP contribution is -2.36. The number of carbonyl (C=O) groups excluding carboxylic acids is 1. The molecule has 0 spiro atoms. The minimum absolute atomic E-state index is 0.00657. The number of benzene rings is 2. The number of fused-ring (bicyclic) bond motifs is 1. The van der Waals surface area contributed by atoms with Crippen molar-refractivity contribution in [3.05, 3.63) is 77.1 Å². The average molecular weight is 476 g/mol. The van der Waals surface area contributed by atoms with Crippen LogP contribution in [0, 0.1) is 0 Å². The van der Waals surface area contributed by atoms with Crippen molar-refractivity contribution in [1.82, 2.24) is 14.9 Å². The highest BCUT2D eigenvalue weighted by atomic mass is 32.2. The first-order valence-corrected chi connectivity index (χ1v) is 11.8. The van der Waals surface area contributed by atoms with E-state index in [1.54, 1.807) is 11.0 Å². The van der Waals surface area contributed by atoms with Crippen LogP contribution in [0.5, 0.6) is 0 Å². The first kappa shape index (κ1) is 22.7. The van der Waals surface area contributed by atoms with Crippen molar-refractivity contribution in [2.75, 3.05) is 18.1 Å². The van der Waals surface area contributed by atoms with Gasteiger partial charge in [-0.05, 0) is 53.9 Å². The van der Waals surface area contributed by atoms with Crippen LogP contribution < -0.4 is 5.32 Å². The maximum absolute atomic E-state index is 12.9. The molecular formula is C22H19F3N4O3S. The first-order chi connectivity index (χ1) is 15.5. The van der Waals surface area contributed by atoms with Crippen LogP contribution in [0.3, 0.4) is 0 Å². The van der Waals surface area contributed by atoms with Gasteiger partial charge in [0.25, 0.3) is 5.91 Å². The predicted molar refractivity (Wildman–Crippen MR) is 115 cm³/mol. The Kier molecular flexibility index (Phi) is 5.83. The number of anilines is 2. The second-order valence-corrected chi connectivity index (χ2v) is 9.53. The second-order valence-electron chi connectivity index (χ2n) is 7.62. The molecule has 2 aromatic carbocycles. The van der Waals surface area contributed by atoms with Gasteiger partial charge in [0, 0.05) is 36.9 Å². The number of hydrogen-bond donors (Lipinski definition) is 1. The molecule has 33 heavy (non-hydrogen) atoms. The number of halogens is 3. The number of nitrogens with one attached hydrogen (secondary N) is 1. The third-order valence-electron chi connectivity index (χ3n) is 5.23. The van der Waals surface area contributed by atoms with Crippen molar-refractivity contribution in [2.45, 2.75) is 24.3 Å². The van der Waals surface area contributed by atoms with Gasteiger partial charge in [-0.3, -0.25) is 4.79 Å². The molecule has 11 heteroatoms. The van der Waals surface area contributed by atoms with E-state index in [0.29, 0.717) is 18.7 Å². The molecule has 1 aromatic heterocycles. The topological polar surface area (TPSA) is 92.3 Å². The summed E-state index contributed by atoms with van der Waals surface area (Å²) < 4.78 is 61.7. The zero-order valence-corrected chi connectivity index (χ0v) is 18.2. The third kappa shape index (κ3) is 4.98. The molecular weight excluding hydrogens is 457 g/mol. The fourth-order valence-electron chi connectivity index (χ4n) is 3.60. The smallest absolute Gasteiger partial charge is 0.355 e. The van der Waals surface area contributed by atoms with Crippen LogP contribution in [-0.4, -0.2) is 42.0 Å². The lowest BCUT2D eigenvalue weighted by atomic mass is 9.97. The van der Waals surface area contributed by atoms with Gasteiger partial charge in [-0.25, -0.2) is 18.4 Å². The molecule has 2 heterocycles. The van der Waals surface area contributed by atoms with Crippen molar-refractivity contribution >= 4 is 27.1 Å². The summed E-state index contributed by atoms with van der Waals surface area (Å²) in [6.07, 6.45) is -1.68. The number of amides is 1. The van der Waals surface area contributed by atoms with Crippen LogP contribution in [0.25, 0.3) is 0 Å². The normalized spacial score (nSPS) is 14.0. The van der Waals surface area contributed by atoms with E-state index in [2.05, 4.69) is 15.3 Å². The summed E-state index contributed by atoms with van der Waals surface area (Å²) in [6.45, 7) is 0.657. The quantitative estimate of drug-likeness (QED) is 0.576. The molecule has 172 valence electrons. The molecule has 0 unspecified atom stereocenters. The molecule has 0 saturated heterocycles. The summed E-state index contributed by atoms with van der Waals surface area (Å²) in [4.78, 5) is 22.1. The largest absolute Gasteiger partial charge is 0.416 e. The van der Waals surface area contributed by atoms with Gasteiger partial charge in [0.2, 0.25) is 15.0 Å². The highest BCUT2D eigenvalue weighted by Gasteiger charge is 2.30. The maximum Gasteiger partial charge on any atom is 0.416 e. The zero-order chi connectivity index (χ0) is 23.8. The van der Waals surface area contributed by atoms with Crippen molar-refractivity contribution in [3.8, 4) is 0 Å². The minimum atomic E-state index is -4.40. The Morgan fingerprint density at radius 2 is 1.82 bits per heavy atom. The number of nitrogens with zero attached hydrogens (tertiary/aromatic N) is 3. The summed E-state index contributed by atoms with van der Waals surface area (Å²) in [6, 6.07) is 11.6. The van der Waals surface area contributed by atoms with E-state index in [1.165, 1.54) is 24.4 Å². The summed E-state index contributed by atoms with van der Waals surface area (Å²) in [5.41, 5.74) is 2.38. The molecule has 1 aliphatic rings. The van der Waals surface area contributed by atoms with Crippen LogP contribution in [0.1, 0.15) is 27.2 Å². The fourth-order valence-corrected chi connectivity index (χ4v) is 4.12. The van der Waals surface area contributed by atoms with Gasteiger partial charge in [0.1, 0.15) is 5.69 Å². The molecule has 0 aliphatic carbocycles. The molecule has 7 nitrogen and oxygen atoms in total. The average Bonchev–Trinajstić information content (AvgIpc) is 2.78. The van der Waals surface area contributed by atoms with Crippen LogP contribution >= 0.6 is 0 Å². The lowest BCUT2D eigenvalue weighted by molar-refractivity contribution is -0.137. The Labute approximate surface area is 188 Å². The van der Waals surface area contributed by atoms with Gasteiger partial charge < -0.3 is 10.2 Å². The van der Waals surface area contributed by atoms with E-state index in [-0.39, 0.29) is 12.2 Å².